The monoisotopic (exact) mass is 247 g/mol. The first kappa shape index (κ1) is 13.6. The van der Waals surface area contributed by atoms with Gasteiger partial charge in [0.25, 0.3) is 0 Å². The van der Waals surface area contributed by atoms with Crippen LogP contribution in [0.4, 0.5) is 0 Å². The fraction of sp³-hybridized carbons (Fsp3) is 0.625. The van der Waals surface area contributed by atoms with Crippen LogP contribution in [0.2, 0.25) is 0 Å². The van der Waals surface area contributed by atoms with Crippen molar-refractivity contribution in [3.05, 3.63) is 35.4 Å². The molecule has 0 aliphatic carbocycles. The standard InChI is InChI=1S/C16H25NO/c1-14-9-5-6-10-15(14)16(18)13-17-11-7-3-2-4-8-12-17/h5-6,9-10,16,18H,2-4,7-8,11-13H2,1H3. The summed E-state index contributed by atoms with van der Waals surface area (Å²) < 4.78 is 0. The van der Waals surface area contributed by atoms with E-state index in [1.165, 1.54) is 37.7 Å². The summed E-state index contributed by atoms with van der Waals surface area (Å²) in [5.74, 6) is 0. The van der Waals surface area contributed by atoms with Gasteiger partial charge in [0.05, 0.1) is 6.10 Å². The first-order chi connectivity index (χ1) is 8.77. The Morgan fingerprint density at radius 1 is 1.06 bits per heavy atom. The fourth-order valence-electron chi connectivity index (χ4n) is 2.80. The van der Waals surface area contributed by atoms with Gasteiger partial charge in [0, 0.05) is 6.54 Å². The van der Waals surface area contributed by atoms with Gasteiger partial charge in [-0.3, -0.25) is 0 Å². The van der Waals surface area contributed by atoms with Crippen molar-refractivity contribution in [3.8, 4) is 0 Å². The molecular weight excluding hydrogens is 222 g/mol. The van der Waals surface area contributed by atoms with Gasteiger partial charge in [-0.25, -0.2) is 0 Å². The van der Waals surface area contributed by atoms with E-state index >= 15 is 0 Å². The molecule has 0 bridgehead atoms. The summed E-state index contributed by atoms with van der Waals surface area (Å²) in [7, 11) is 0. The average Bonchev–Trinajstić information content (AvgIpc) is 2.33. The summed E-state index contributed by atoms with van der Waals surface area (Å²) >= 11 is 0. The van der Waals surface area contributed by atoms with Crippen LogP contribution in [0.5, 0.6) is 0 Å². The molecule has 1 aliphatic rings. The average molecular weight is 247 g/mol. The minimum Gasteiger partial charge on any atom is -0.387 e. The Morgan fingerprint density at radius 3 is 2.33 bits per heavy atom. The molecule has 0 radical (unpaired) electrons. The molecule has 100 valence electrons. The first-order valence-corrected chi connectivity index (χ1v) is 7.23. The lowest BCUT2D eigenvalue weighted by molar-refractivity contribution is 0.107. The zero-order chi connectivity index (χ0) is 12.8. The molecule has 2 nitrogen and oxygen atoms in total. The van der Waals surface area contributed by atoms with Crippen LogP contribution in [-0.2, 0) is 0 Å². The van der Waals surface area contributed by atoms with Crippen molar-refractivity contribution in [3.63, 3.8) is 0 Å². The molecule has 2 heteroatoms. The maximum Gasteiger partial charge on any atom is 0.0919 e. The smallest absolute Gasteiger partial charge is 0.0919 e. The second-order valence-electron chi connectivity index (χ2n) is 5.44. The predicted octanol–water partition coefficient (Wildman–Crippen LogP) is 3.29. The summed E-state index contributed by atoms with van der Waals surface area (Å²) in [6, 6.07) is 8.16. The molecule has 1 N–H and O–H groups in total. The number of likely N-dealkylation sites (tertiary alicyclic amines) is 1. The zero-order valence-corrected chi connectivity index (χ0v) is 11.4. The zero-order valence-electron chi connectivity index (χ0n) is 11.4. The van der Waals surface area contributed by atoms with Crippen LogP contribution in [0.15, 0.2) is 24.3 Å². The van der Waals surface area contributed by atoms with Gasteiger partial charge in [-0.2, -0.15) is 0 Å². The van der Waals surface area contributed by atoms with Crippen LogP contribution < -0.4 is 0 Å². The van der Waals surface area contributed by atoms with Crippen LogP contribution in [0.25, 0.3) is 0 Å². The van der Waals surface area contributed by atoms with Gasteiger partial charge >= 0.3 is 0 Å². The van der Waals surface area contributed by atoms with Gasteiger partial charge in [0.2, 0.25) is 0 Å². The van der Waals surface area contributed by atoms with E-state index in [-0.39, 0.29) is 6.10 Å². The van der Waals surface area contributed by atoms with Gasteiger partial charge in [0.15, 0.2) is 0 Å². The van der Waals surface area contributed by atoms with E-state index in [1.807, 2.05) is 18.2 Å². The Balaban J connectivity index is 1.93. The highest BCUT2D eigenvalue weighted by Crippen LogP contribution is 2.20. The van der Waals surface area contributed by atoms with Crippen LogP contribution in [0, 0.1) is 6.92 Å². The third-order valence-corrected chi connectivity index (χ3v) is 3.93. The molecule has 18 heavy (non-hydrogen) atoms. The van der Waals surface area contributed by atoms with E-state index in [4.69, 9.17) is 0 Å². The van der Waals surface area contributed by atoms with Crippen LogP contribution in [0.3, 0.4) is 0 Å². The van der Waals surface area contributed by atoms with Crippen LogP contribution >= 0.6 is 0 Å². The summed E-state index contributed by atoms with van der Waals surface area (Å²) in [6.45, 7) is 5.14. The highest BCUT2D eigenvalue weighted by Gasteiger charge is 2.15. The molecule has 0 amide bonds. The number of hydrogen-bond acceptors (Lipinski definition) is 2. The number of rotatable bonds is 3. The van der Waals surface area contributed by atoms with Crippen molar-refractivity contribution < 1.29 is 5.11 Å². The van der Waals surface area contributed by atoms with E-state index in [0.717, 1.165) is 25.2 Å². The number of benzene rings is 1. The first-order valence-electron chi connectivity index (χ1n) is 7.23. The van der Waals surface area contributed by atoms with E-state index < -0.39 is 0 Å². The molecule has 0 saturated carbocycles. The van der Waals surface area contributed by atoms with Gasteiger partial charge in [-0.15, -0.1) is 0 Å². The predicted molar refractivity (Wildman–Crippen MR) is 75.7 cm³/mol. The van der Waals surface area contributed by atoms with E-state index in [1.54, 1.807) is 0 Å². The van der Waals surface area contributed by atoms with Gasteiger partial charge in [-0.1, -0.05) is 43.5 Å². The maximum atomic E-state index is 10.4. The van der Waals surface area contributed by atoms with Crippen molar-refractivity contribution in [2.45, 2.75) is 45.1 Å². The van der Waals surface area contributed by atoms with Gasteiger partial charge < -0.3 is 10.0 Å². The number of aliphatic hydroxyl groups is 1. The molecule has 1 heterocycles. The number of aryl methyl sites for hydroxylation is 1. The Hall–Kier alpha value is -0.860. The summed E-state index contributed by atoms with van der Waals surface area (Å²) in [5, 5.41) is 10.4. The molecule has 1 aromatic rings. The third kappa shape index (κ3) is 3.82. The van der Waals surface area contributed by atoms with E-state index in [2.05, 4.69) is 17.9 Å². The molecule has 1 unspecified atom stereocenters. The minimum atomic E-state index is -0.342. The Morgan fingerprint density at radius 2 is 1.67 bits per heavy atom. The number of hydrogen-bond donors (Lipinski definition) is 1. The lowest BCUT2D eigenvalue weighted by Crippen LogP contribution is -2.31. The maximum absolute atomic E-state index is 10.4. The second-order valence-corrected chi connectivity index (χ2v) is 5.44. The molecule has 2 rings (SSSR count). The van der Waals surface area contributed by atoms with E-state index in [9.17, 15) is 5.11 Å². The number of β-amino-alcohol motifs (C(OH)–C–C–N with tert-alkyl or cyclic N) is 1. The molecule has 1 saturated heterocycles. The molecule has 0 spiro atoms. The highest BCUT2D eigenvalue weighted by atomic mass is 16.3. The van der Waals surface area contributed by atoms with Gasteiger partial charge in [-0.05, 0) is 44.0 Å². The topological polar surface area (TPSA) is 23.5 Å². The molecular formula is C16H25NO. The van der Waals surface area contributed by atoms with Crippen molar-refractivity contribution in [1.29, 1.82) is 0 Å². The lowest BCUT2D eigenvalue weighted by atomic mass is 10.0. The Kier molecular flexibility index (Phi) is 5.21. The lowest BCUT2D eigenvalue weighted by Gasteiger charge is -2.27. The largest absolute Gasteiger partial charge is 0.387 e. The van der Waals surface area contributed by atoms with E-state index in [0.29, 0.717) is 0 Å². The van der Waals surface area contributed by atoms with Crippen molar-refractivity contribution in [1.82, 2.24) is 4.90 Å². The molecule has 1 aromatic carbocycles. The van der Waals surface area contributed by atoms with Crippen LogP contribution in [0.1, 0.15) is 49.3 Å². The molecule has 1 atom stereocenters. The Bertz CT molecular complexity index is 356. The highest BCUT2D eigenvalue weighted by molar-refractivity contribution is 5.27. The second kappa shape index (κ2) is 6.91. The molecule has 1 fully saturated rings. The van der Waals surface area contributed by atoms with Crippen molar-refractivity contribution >= 4 is 0 Å². The van der Waals surface area contributed by atoms with Crippen molar-refractivity contribution in [2.75, 3.05) is 19.6 Å². The van der Waals surface area contributed by atoms with Gasteiger partial charge in [0.1, 0.15) is 0 Å². The SMILES string of the molecule is Cc1ccccc1C(O)CN1CCCCCCC1. The number of nitrogens with zero attached hydrogens (tertiary/aromatic N) is 1. The number of aliphatic hydroxyl groups excluding tert-OH is 1. The molecule has 0 aromatic heterocycles. The Labute approximate surface area is 111 Å². The molecule has 1 aliphatic heterocycles. The quantitative estimate of drug-likeness (QED) is 0.886. The third-order valence-electron chi connectivity index (χ3n) is 3.93. The normalized spacial score (nSPS) is 20.1. The van der Waals surface area contributed by atoms with Crippen molar-refractivity contribution in [2.24, 2.45) is 0 Å². The summed E-state index contributed by atoms with van der Waals surface area (Å²) in [5.41, 5.74) is 2.27. The minimum absolute atomic E-state index is 0.342. The van der Waals surface area contributed by atoms with Crippen LogP contribution in [-0.4, -0.2) is 29.6 Å². The summed E-state index contributed by atoms with van der Waals surface area (Å²) in [4.78, 5) is 2.43. The fourth-order valence-corrected chi connectivity index (χ4v) is 2.80. The summed E-state index contributed by atoms with van der Waals surface area (Å²) in [6.07, 6.45) is 6.29.